The standard InChI is InChI=1S/C31H29F2N7O3S/c32-24-4-1-18(11-25(24)33)14-37-30(41)23-13-20(31(42)40-7-9-43-10-8-40)15-35-29(23)36-16-21-3-6-27(44-21)19-2-5-26-22(12-19)28(34)39-17-38-26/h1-6,11-13,15,17,31,42H,7-10,14,16H2,(H,35,36)(H,37,41)(H2,34,38,39)/t31-/m0/s1. The van der Waals surface area contributed by atoms with E-state index in [-0.39, 0.29) is 12.1 Å². The number of anilines is 2. The summed E-state index contributed by atoms with van der Waals surface area (Å²) in [6, 6.07) is 14.9. The fraction of sp³-hybridized carbons (Fsp3) is 0.226. The molecule has 10 nitrogen and oxygen atoms in total. The number of hydrogen-bond donors (Lipinski definition) is 4. The van der Waals surface area contributed by atoms with Crippen LogP contribution in [0.25, 0.3) is 21.3 Å². The van der Waals surface area contributed by atoms with Gasteiger partial charge in [0.25, 0.3) is 5.91 Å². The number of ether oxygens (including phenoxy) is 1. The molecule has 1 atom stereocenters. The molecule has 0 saturated carbocycles. The van der Waals surface area contributed by atoms with E-state index in [2.05, 4.69) is 25.6 Å². The van der Waals surface area contributed by atoms with E-state index in [1.54, 1.807) is 17.4 Å². The van der Waals surface area contributed by atoms with E-state index < -0.39 is 23.8 Å². The summed E-state index contributed by atoms with van der Waals surface area (Å²) in [7, 11) is 0. The number of morpholine rings is 1. The molecule has 1 saturated heterocycles. The number of rotatable bonds is 9. The zero-order chi connectivity index (χ0) is 30.6. The van der Waals surface area contributed by atoms with E-state index in [1.165, 1.54) is 18.6 Å². The Balaban J connectivity index is 1.21. The molecule has 0 bridgehead atoms. The smallest absolute Gasteiger partial charge is 0.255 e. The first-order valence-electron chi connectivity index (χ1n) is 13.9. The van der Waals surface area contributed by atoms with Crippen molar-refractivity contribution in [2.24, 2.45) is 0 Å². The van der Waals surface area contributed by atoms with Gasteiger partial charge in [0.15, 0.2) is 11.6 Å². The van der Waals surface area contributed by atoms with Crippen molar-refractivity contribution in [3.8, 4) is 10.4 Å². The fourth-order valence-corrected chi connectivity index (χ4v) is 5.87. The second-order valence-corrected chi connectivity index (χ2v) is 11.4. The van der Waals surface area contributed by atoms with Crippen molar-refractivity contribution in [2.45, 2.75) is 19.3 Å². The predicted octanol–water partition coefficient (Wildman–Crippen LogP) is 4.48. The summed E-state index contributed by atoms with van der Waals surface area (Å²) in [6.45, 7) is 2.42. The highest BCUT2D eigenvalue weighted by molar-refractivity contribution is 7.15. The van der Waals surface area contributed by atoms with Crippen LogP contribution in [0.2, 0.25) is 0 Å². The maximum absolute atomic E-state index is 13.7. The third kappa shape index (κ3) is 6.50. The summed E-state index contributed by atoms with van der Waals surface area (Å²) < 4.78 is 32.5. The number of nitrogens with two attached hydrogens (primary N) is 1. The lowest BCUT2D eigenvalue weighted by Crippen LogP contribution is -2.39. The van der Waals surface area contributed by atoms with Gasteiger partial charge in [0.2, 0.25) is 0 Å². The Morgan fingerprint density at radius 3 is 2.68 bits per heavy atom. The number of aliphatic hydroxyl groups is 1. The van der Waals surface area contributed by atoms with E-state index >= 15 is 0 Å². The summed E-state index contributed by atoms with van der Waals surface area (Å²) in [5.74, 6) is -1.71. The van der Waals surface area contributed by atoms with Gasteiger partial charge >= 0.3 is 0 Å². The van der Waals surface area contributed by atoms with Gasteiger partial charge in [0.05, 0.1) is 30.8 Å². The highest BCUT2D eigenvalue weighted by Crippen LogP contribution is 2.32. The normalized spacial score (nSPS) is 14.4. The van der Waals surface area contributed by atoms with E-state index in [1.807, 2.05) is 35.2 Å². The van der Waals surface area contributed by atoms with Crippen LogP contribution in [0.4, 0.5) is 20.4 Å². The first-order chi connectivity index (χ1) is 21.4. The van der Waals surface area contributed by atoms with Crippen molar-refractivity contribution in [3.05, 3.63) is 100 Å². The number of halogens is 2. The lowest BCUT2D eigenvalue weighted by atomic mass is 10.1. The minimum atomic E-state index is -0.993. The predicted molar refractivity (Wildman–Crippen MR) is 164 cm³/mol. The molecule has 2 aromatic carbocycles. The molecule has 1 aliphatic heterocycles. The minimum absolute atomic E-state index is 0.0265. The molecule has 226 valence electrons. The van der Waals surface area contributed by atoms with Crippen LogP contribution in [0.5, 0.6) is 0 Å². The number of aliphatic hydroxyl groups excluding tert-OH is 1. The topological polar surface area (TPSA) is 139 Å². The molecule has 5 aromatic rings. The summed E-state index contributed by atoms with van der Waals surface area (Å²) >= 11 is 1.57. The zero-order valence-electron chi connectivity index (χ0n) is 23.5. The Kier molecular flexibility index (Phi) is 8.70. The number of fused-ring (bicyclic) bond motifs is 1. The van der Waals surface area contributed by atoms with Crippen molar-refractivity contribution in [3.63, 3.8) is 0 Å². The van der Waals surface area contributed by atoms with Gasteiger partial charge in [0.1, 0.15) is 24.2 Å². The monoisotopic (exact) mass is 617 g/mol. The molecule has 0 aliphatic carbocycles. The van der Waals surface area contributed by atoms with Gasteiger partial charge in [-0.05, 0) is 53.6 Å². The highest BCUT2D eigenvalue weighted by atomic mass is 32.1. The molecule has 1 amide bonds. The van der Waals surface area contributed by atoms with Crippen molar-refractivity contribution in [1.82, 2.24) is 25.2 Å². The molecule has 5 N–H and O–H groups in total. The largest absolute Gasteiger partial charge is 0.383 e. The number of thiophene rings is 1. The molecule has 3 aromatic heterocycles. The number of carbonyl (C=O) groups excluding carboxylic acids is 1. The Bertz CT molecular complexity index is 1810. The van der Waals surface area contributed by atoms with Crippen LogP contribution in [0.3, 0.4) is 0 Å². The average molecular weight is 618 g/mol. The van der Waals surface area contributed by atoms with Gasteiger partial charge in [-0.15, -0.1) is 11.3 Å². The van der Waals surface area contributed by atoms with Gasteiger partial charge in [-0.2, -0.15) is 0 Å². The number of amides is 1. The molecule has 44 heavy (non-hydrogen) atoms. The number of carbonyl (C=O) groups is 1. The molecule has 1 fully saturated rings. The van der Waals surface area contributed by atoms with E-state index in [9.17, 15) is 18.7 Å². The lowest BCUT2D eigenvalue weighted by molar-refractivity contribution is -0.0604. The SMILES string of the molecule is Nc1ncnc2ccc(-c3ccc(CNc4ncc([C@H](O)N5CCOCC5)cc4C(=O)NCc4ccc(F)c(F)c4)s3)cc12. The Labute approximate surface area is 255 Å². The van der Waals surface area contributed by atoms with Gasteiger partial charge in [-0.25, -0.2) is 23.7 Å². The summed E-state index contributed by atoms with van der Waals surface area (Å²) in [5.41, 5.74) is 8.85. The molecule has 1 aliphatic rings. The van der Waals surface area contributed by atoms with Crippen LogP contribution in [-0.4, -0.2) is 57.2 Å². The number of aromatic nitrogens is 3. The number of benzene rings is 2. The second-order valence-electron chi connectivity index (χ2n) is 10.2. The van der Waals surface area contributed by atoms with Gasteiger partial charge in [-0.1, -0.05) is 12.1 Å². The molecular formula is C31H29F2N7O3S. The van der Waals surface area contributed by atoms with E-state index in [4.69, 9.17) is 10.5 Å². The molecule has 4 heterocycles. The third-order valence-corrected chi connectivity index (χ3v) is 8.46. The quantitative estimate of drug-likeness (QED) is 0.189. The molecule has 0 spiro atoms. The maximum Gasteiger partial charge on any atom is 0.255 e. The molecule has 0 unspecified atom stereocenters. The summed E-state index contributed by atoms with van der Waals surface area (Å²) in [4.78, 5) is 30.1. The van der Waals surface area contributed by atoms with Crippen LogP contribution in [0.1, 0.15) is 32.6 Å². The molecule has 0 radical (unpaired) electrons. The third-order valence-electron chi connectivity index (χ3n) is 7.32. The van der Waals surface area contributed by atoms with Crippen molar-refractivity contribution < 1.29 is 23.4 Å². The Morgan fingerprint density at radius 2 is 1.86 bits per heavy atom. The minimum Gasteiger partial charge on any atom is -0.383 e. The highest BCUT2D eigenvalue weighted by Gasteiger charge is 2.23. The van der Waals surface area contributed by atoms with Crippen LogP contribution < -0.4 is 16.4 Å². The van der Waals surface area contributed by atoms with Crippen LogP contribution in [0, 0.1) is 11.6 Å². The fourth-order valence-electron chi connectivity index (χ4n) is 4.92. The van der Waals surface area contributed by atoms with E-state index in [0.717, 1.165) is 38.4 Å². The number of nitrogen functional groups attached to an aromatic ring is 1. The Hall–Kier alpha value is -4.56. The molecule has 13 heteroatoms. The number of pyridine rings is 1. The van der Waals surface area contributed by atoms with Crippen molar-refractivity contribution in [2.75, 3.05) is 37.4 Å². The summed E-state index contributed by atoms with van der Waals surface area (Å²) in [5, 5.41) is 17.8. The summed E-state index contributed by atoms with van der Waals surface area (Å²) in [6.07, 6.45) is 2.00. The van der Waals surface area contributed by atoms with Crippen molar-refractivity contribution >= 4 is 39.8 Å². The van der Waals surface area contributed by atoms with Crippen LogP contribution in [-0.2, 0) is 17.8 Å². The first-order valence-corrected chi connectivity index (χ1v) is 14.7. The van der Waals surface area contributed by atoms with Gasteiger partial charge in [0, 0.05) is 46.5 Å². The second kappa shape index (κ2) is 13.0. The molecular weight excluding hydrogens is 588 g/mol. The average Bonchev–Trinajstić information content (AvgIpc) is 3.53. The number of hydrogen-bond acceptors (Lipinski definition) is 10. The van der Waals surface area contributed by atoms with Gasteiger partial charge in [-0.3, -0.25) is 9.69 Å². The first kappa shape index (κ1) is 29.5. The number of nitrogens with one attached hydrogen (secondary N) is 2. The molecule has 6 rings (SSSR count). The number of nitrogens with zero attached hydrogens (tertiary/aromatic N) is 4. The van der Waals surface area contributed by atoms with Crippen molar-refractivity contribution in [1.29, 1.82) is 0 Å². The maximum atomic E-state index is 13.7. The Morgan fingerprint density at radius 1 is 1.02 bits per heavy atom. The lowest BCUT2D eigenvalue weighted by Gasteiger charge is -2.31. The van der Waals surface area contributed by atoms with Crippen LogP contribution in [0.15, 0.2) is 67.1 Å². The van der Waals surface area contributed by atoms with Gasteiger partial charge < -0.3 is 26.2 Å². The van der Waals surface area contributed by atoms with Crippen LogP contribution >= 0.6 is 11.3 Å². The zero-order valence-corrected chi connectivity index (χ0v) is 24.3. The van der Waals surface area contributed by atoms with E-state index in [0.29, 0.717) is 55.6 Å².